The molecule has 1 nitrogen and oxygen atoms in total. The molecule has 0 heterocycles. The van der Waals surface area contributed by atoms with Crippen LogP contribution in [0.1, 0.15) is 19.4 Å². The van der Waals surface area contributed by atoms with Crippen molar-refractivity contribution < 1.29 is 4.79 Å². The number of allylic oxidation sites excluding steroid dienone is 2. The van der Waals surface area contributed by atoms with Gasteiger partial charge in [-0.05, 0) is 75.1 Å². The number of carbonyl (C=O) groups excluding carboxylic acids is 1. The number of halogens is 2. The average Bonchev–Trinajstić information content (AvgIpc) is 2.08. The summed E-state index contributed by atoms with van der Waals surface area (Å²) in [5.74, 6) is 0.0709. The maximum Gasteiger partial charge on any atom is 0.152 e. The lowest BCUT2D eigenvalue weighted by molar-refractivity contribution is -0.112. The van der Waals surface area contributed by atoms with Gasteiger partial charge < -0.3 is 0 Å². The Morgan fingerprint density at radius 1 is 1.21 bits per heavy atom. The first-order chi connectivity index (χ1) is 6.50. The molecule has 1 rings (SSSR count). The monoisotopic (exact) mass is 316 g/mol. The Morgan fingerprint density at radius 3 is 2.36 bits per heavy atom. The highest BCUT2D eigenvalue weighted by Crippen LogP contribution is 2.26. The number of rotatable bonds is 2. The van der Waals surface area contributed by atoms with Crippen molar-refractivity contribution in [3.05, 3.63) is 38.8 Å². The number of hydrogen-bond donors (Lipinski definition) is 0. The number of carbonyl (C=O) groups is 1. The molecule has 0 amide bonds. The van der Waals surface area contributed by atoms with Crippen molar-refractivity contribution in [3.63, 3.8) is 0 Å². The predicted octanol–water partition coefficient (Wildman–Crippen LogP) is 4.20. The van der Waals surface area contributed by atoms with Gasteiger partial charge in [0.1, 0.15) is 0 Å². The zero-order chi connectivity index (χ0) is 10.7. The third-order valence-electron chi connectivity index (χ3n) is 1.79. The third kappa shape index (κ3) is 3.07. The molecule has 3 heteroatoms. The van der Waals surface area contributed by atoms with E-state index in [1.54, 1.807) is 13.0 Å². The molecule has 74 valence electrons. The molecule has 0 saturated carbocycles. The van der Waals surface area contributed by atoms with Crippen LogP contribution in [0.25, 0.3) is 5.57 Å². The first-order valence-electron chi connectivity index (χ1n) is 4.15. The SMILES string of the molecule is CC(=O)/C=C(\C)c1ccc(Br)c(Br)c1. The second-order valence-corrected chi connectivity index (χ2v) is 4.78. The fraction of sp³-hybridized carbons (Fsp3) is 0.182. The molecule has 0 aliphatic carbocycles. The van der Waals surface area contributed by atoms with Gasteiger partial charge >= 0.3 is 0 Å². The van der Waals surface area contributed by atoms with Crippen LogP contribution in [0.15, 0.2) is 33.2 Å². The van der Waals surface area contributed by atoms with Gasteiger partial charge in [0.15, 0.2) is 5.78 Å². The van der Waals surface area contributed by atoms with Crippen LogP contribution in [-0.4, -0.2) is 5.78 Å². The van der Waals surface area contributed by atoms with E-state index in [0.29, 0.717) is 0 Å². The van der Waals surface area contributed by atoms with Gasteiger partial charge in [-0.2, -0.15) is 0 Å². The van der Waals surface area contributed by atoms with E-state index < -0.39 is 0 Å². The lowest BCUT2D eigenvalue weighted by atomic mass is 10.1. The lowest BCUT2D eigenvalue weighted by Gasteiger charge is -2.03. The zero-order valence-electron chi connectivity index (χ0n) is 7.97. The summed E-state index contributed by atoms with van der Waals surface area (Å²) in [7, 11) is 0. The van der Waals surface area contributed by atoms with E-state index >= 15 is 0 Å². The minimum absolute atomic E-state index is 0.0709. The van der Waals surface area contributed by atoms with Crippen molar-refractivity contribution in [3.8, 4) is 0 Å². The van der Waals surface area contributed by atoms with Crippen molar-refractivity contribution in [2.24, 2.45) is 0 Å². The van der Waals surface area contributed by atoms with Crippen molar-refractivity contribution in [1.29, 1.82) is 0 Å². The van der Waals surface area contributed by atoms with E-state index in [-0.39, 0.29) is 5.78 Å². The number of ketones is 1. The van der Waals surface area contributed by atoms with E-state index in [1.807, 2.05) is 25.1 Å². The second kappa shape index (κ2) is 4.89. The van der Waals surface area contributed by atoms with Crippen LogP contribution in [0.5, 0.6) is 0 Å². The van der Waals surface area contributed by atoms with Crippen LogP contribution in [0.4, 0.5) is 0 Å². The van der Waals surface area contributed by atoms with Gasteiger partial charge in [-0.1, -0.05) is 6.07 Å². The van der Waals surface area contributed by atoms with E-state index in [0.717, 1.165) is 20.1 Å². The van der Waals surface area contributed by atoms with Gasteiger partial charge in [0.25, 0.3) is 0 Å². The van der Waals surface area contributed by atoms with Crippen LogP contribution < -0.4 is 0 Å². The maximum absolute atomic E-state index is 10.9. The van der Waals surface area contributed by atoms with Crippen molar-refractivity contribution in [2.75, 3.05) is 0 Å². The van der Waals surface area contributed by atoms with E-state index in [2.05, 4.69) is 31.9 Å². The number of hydrogen-bond acceptors (Lipinski definition) is 1. The predicted molar refractivity (Wildman–Crippen MR) is 66.2 cm³/mol. The second-order valence-electron chi connectivity index (χ2n) is 3.07. The van der Waals surface area contributed by atoms with Gasteiger partial charge in [-0.25, -0.2) is 0 Å². The maximum atomic E-state index is 10.9. The summed E-state index contributed by atoms with van der Waals surface area (Å²) in [6, 6.07) is 5.92. The standard InChI is InChI=1S/C11H10Br2O/c1-7(5-8(2)14)9-3-4-10(12)11(13)6-9/h3-6H,1-2H3/b7-5+. The highest BCUT2D eigenvalue weighted by atomic mass is 79.9. The Balaban J connectivity index is 3.09. The molecular weight excluding hydrogens is 308 g/mol. The molecule has 0 radical (unpaired) electrons. The summed E-state index contributed by atoms with van der Waals surface area (Å²) >= 11 is 6.82. The van der Waals surface area contributed by atoms with E-state index in [1.165, 1.54) is 0 Å². The summed E-state index contributed by atoms with van der Waals surface area (Å²) in [6.07, 6.45) is 1.63. The summed E-state index contributed by atoms with van der Waals surface area (Å²) in [6.45, 7) is 3.48. The largest absolute Gasteiger partial charge is 0.295 e. The molecule has 0 spiro atoms. The van der Waals surface area contributed by atoms with Gasteiger partial charge in [0.05, 0.1) is 0 Å². The average molecular weight is 318 g/mol. The fourth-order valence-electron chi connectivity index (χ4n) is 1.13. The van der Waals surface area contributed by atoms with E-state index in [4.69, 9.17) is 0 Å². The van der Waals surface area contributed by atoms with Crippen molar-refractivity contribution in [2.45, 2.75) is 13.8 Å². The molecule has 1 aromatic carbocycles. The molecular formula is C11H10Br2O. The summed E-state index contributed by atoms with van der Waals surface area (Å²) in [4.78, 5) is 10.9. The Hall–Kier alpha value is -0.410. The Morgan fingerprint density at radius 2 is 1.86 bits per heavy atom. The molecule has 0 bridgehead atoms. The van der Waals surface area contributed by atoms with Gasteiger partial charge in [-0.3, -0.25) is 4.79 Å². The van der Waals surface area contributed by atoms with E-state index in [9.17, 15) is 4.79 Å². The highest BCUT2D eigenvalue weighted by molar-refractivity contribution is 9.13. The van der Waals surface area contributed by atoms with Crippen LogP contribution in [0.2, 0.25) is 0 Å². The smallest absolute Gasteiger partial charge is 0.152 e. The molecule has 1 aromatic rings. The van der Waals surface area contributed by atoms with Crippen LogP contribution in [0, 0.1) is 0 Å². The normalized spacial score (nSPS) is 11.6. The minimum atomic E-state index is 0.0709. The van der Waals surface area contributed by atoms with Gasteiger partial charge in [0.2, 0.25) is 0 Å². The third-order valence-corrected chi connectivity index (χ3v) is 3.67. The summed E-state index contributed by atoms with van der Waals surface area (Å²) in [5, 5.41) is 0. The fourth-order valence-corrected chi connectivity index (χ4v) is 1.76. The van der Waals surface area contributed by atoms with Crippen molar-refractivity contribution in [1.82, 2.24) is 0 Å². The van der Waals surface area contributed by atoms with Gasteiger partial charge in [0, 0.05) is 8.95 Å². The summed E-state index contributed by atoms with van der Waals surface area (Å²) in [5.41, 5.74) is 2.03. The Bertz CT molecular complexity index is 394. The molecule has 0 fully saturated rings. The molecule has 0 aliphatic heterocycles. The zero-order valence-corrected chi connectivity index (χ0v) is 11.1. The summed E-state index contributed by atoms with van der Waals surface area (Å²) < 4.78 is 2.00. The quantitative estimate of drug-likeness (QED) is 0.747. The molecule has 0 aromatic heterocycles. The first kappa shape index (κ1) is 11.7. The molecule has 0 N–H and O–H groups in total. The molecule has 14 heavy (non-hydrogen) atoms. The molecule has 0 atom stereocenters. The molecule has 0 aliphatic rings. The van der Waals surface area contributed by atoms with Crippen LogP contribution >= 0.6 is 31.9 Å². The minimum Gasteiger partial charge on any atom is -0.295 e. The number of benzene rings is 1. The van der Waals surface area contributed by atoms with Crippen LogP contribution in [0.3, 0.4) is 0 Å². The van der Waals surface area contributed by atoms with Crippen molar-refractivity contribution >= 4 is 43.2 Å². The van der Waals surface area contributed by atoms with Gasteiger partial charge in [-0.15, -0.1) is 0 Å². The molecule has 0 saturated heterocycles. The lowest BCUT2D eigenvalue weighted by Crippen LogP contribution is -1.86. The Labute approximate surface area is 100 Å². The van der Waals surface area contributed by atoms with Crippen LogP contribution in [-0.2, 0) is 4.79 Å². The molecule has 0 unspecified atom stereocenters. The topological polar surface area (TPSA) is 17.1 Å². The Kier molecular flexibility index (Phi) is 4.08. The first-order valence-corrected chi connectivity index (χ1v) is 5.73. The highest BCUT2D eigenvalue weighted by Gasteiger charge is 2.00.